The van der Waals surface area contributed by atoms with Crippen molar-refractivity contribution in [1.82, 2.24) is 20.0 Å². The van der Waals surface area contributed by atoms with E-state index in [4.69, 9.17) is 11.6 Å². The first kappa shape index (κ1) is 12.4. The Morgan fingerprint density at radius 3 is 3.11 bits per heavy atom. The molecule has 0 aromatic carbocycles. The van der Waals surface area contributed by atoms with Gasteiger partial charge in [-0.1, -0.05) is 17.7 Å². The van der Waals surface area contributed by atoms with Crippen molar-refractivity contribution in [2.24, 2.45) is 0 Å². The van der Waals surface area contributed by atoms with Crippen molar-refractivity contribution in [2.75, 3.05) is 5.32 Å². The van der Waals surface area contributed by atoms with E-state index in [1.54, 1.807) is 12.3 Å². The van der Waals surface area contributed by atoms with E-state index < -0.39 is 0 Å². The summed E-state index contributed by atoms with van der Waals surface area (Å²) in [6.07, 6.45) is 4.75. The molecule has 2 rings (SSSR count). The first-order chi connectivity index (χ1) is 8.72. The quantitative estimate of drug-likeness (QED) is 0.802. The van der Waals surface area contributed by atoms with Gasteiger partial charge >= 0.3 is 0 Å². The number of hydrogen-bond donors (Lipinski definition) is 2. The number of H-pyrrole nitrogens is 1. The Morgan fingerprint density at radius 1 is 1.61 bits per heavy atom. The number of anilines is 1. The van der Waals surface area contributed by atoms with Crippen LogP contribution < -0.4 is 10.9 Å². The number of allylic oxidation sites excluding steroid dienone is 1. The van der Waals surface area contributed by atoms with Gasteiger partial charge in [0.15, 0.2) is 0 Å². The monoisotopic (exact) mass is 265 g/mol. The van der Waals surface area contributed by atoms with Gasteiger partial charge in [-0.25, -0.2) is 4.68 Å². The van der Waals surface area contributed by atoms with Crippen LogP contribution in [0.1, 0.15) is 5.69 Å². The minimum atomic E-state index is -0.342. The summed E-state index contributed by atoms with van der Waals surface area (Å²) < 4.78 is 1.25. The summed E-state index contributed by atoms with van der Waals surface area (Å²) in [5.74, 6) is 0. The largest absolute Gasteiger partial charge is 0.377 e. The Balaban J connectivity index is 2.16. The highest BCUT2D eigenvalue weighted by atomic mass is 35.5. The summed E-state index contributed by atoms with van der Waals surface area (Å²) in [7, 11) is 0. The molecule has 0 aliphatic heterocycles. The molecule has 18 heavy (non-hydrogen) atoms. The number of nitrogens with one attached hydrogen (secondary N) is 2. The lowest BCUT2D eigenvalue weighted by Gasteiger charge is -2.08. The molecule has 2 aromatic rings. The first-order valence-corrected chi connectivity index (χ1v) is 5.69. The van der Waals surface area contributed by atoms with Gasteiger partial charge in [0.2, 0.25) is 0 Å². The number of halogens is 1. The molecule has 0 fully saturated rings. The Labute approximate surface area is 108 Å². The summed E-state index contributed by atoms with van der Waals surface area (Å²) in [5, 5.41) is 13.7. The van der Waals surface area contributed by atoms with Gasteiger partial charge in [-0.05, 0) is 6.07 Å². The van der Waals surface area contributed by atoms with Gasteiger partial charge in [0.1, 0.15) is 5.02 Å². The third kappa shape index (κ3) is 2.60. The molecule has 2 aromatic heterocycles. The van der Waals surface area contributed by atoms with Gasteiger partial charge < -0.3 is 5.32 Å². The van der Waals surface area contributed by atoms with Crippen LogP contribution in [0.2, 0.25) is 5.02 Å². The van der Waals surface area contributed by atoms with Crippen LogP contribution in [-0.2, 0) is 13.1 Å². The van der Waals surface area contributed by atoms with Crippen molar-refractivity contribution < 1.29 is 0 Å². The van der Waals surface area contributed by atoms with E-state index in [1.807, 2.05) is 6.07 Å². The molecule has 0 amide bonds. The van der Waals surface area contributed by atoms with Crippen molar-refractivity contribution in [3.63, 3.8) is 0 Å². The zero-order chi connectivity index (χ0) is 13.0. The standard InChI is InChI=1S/C11H12ClN5O/c1-2-5-17-11(18)10(12)9(7-15-17)13-6-8-3-4-14-16-8/h2-4,7,13H,1,5-6H2,(H,14,16). The number of nitrogens with zero attached hydrogens (tertiary/aromatic N) is 3. The van der Waals surface area contributed by atoms with Crippen LogP contribution in [0.4, 0.5) is 5.69 Å². The second kappa shape index (κ2) is 5.50. The Bertz CT molecular complexity index is 590. The lowest BCUT2D eigenvalue weighted by atomic mass is 10.4. The summed E-state index contributed by atoms with van der Waals surface area (Å²) in [6.45, 7) is 4.37. The fraction of sp³-hybridized carbons (Fsp3) is 0.182. The van der Waals surface area contributed by atoms with Gasteiger partial charge in [-0.2, -0.15) is 10.2 Å². The van der Waals surface area contributed by atoms with E-state index in [2.05, 4.69) is 27.2 Å². The Kier molecular flexibility index (Phi) is 3.78. The van der Waals surface area contributed by atoms with Gasteiger partial charge in [0.05, 0.1) is 30.7 Å². The number of hydrogen-bond acceptors (Lipinski definition) is 4. The second-order valence-corrected chi connectivity index (χ2v) is 3.96. The lowest BCUT2D eigenvalue weighted by Crippen LogP contribution is -2.23. The van der Waals surface area contributed by atoms with E-state index in [-0.39, 0.29) is 10.6 Å². The number of aromatic nitrogens is 4. The number of rotatable bonds is 5. The molecule has 2 N–H and O–H groups in total. The summed E-state index contributed by atoms with van der Waals surface area (Å²) in [5.41, 5.74) is 1.05. The first-order valence-electron chi connectivity index (χ1n) is 5.31. The third-order valence-electron chi connectivity index (χ3n) is 2.31. The maximum absolute atomic E-state index is 11.8. The SMILES string of the molecule is C=CCn1ncc(NCc2ccn[nH]2)c(Cl)c1=O. The van der Waals surface area contributed by atoms with E-state index in [0.29, 0.717) is 18.8 Å². The Morgan fingerprint density at radius 2 is 2.44 bits per heavy atom. The van der Waals surface area contributed by atoms with Crippen LogP contribution in [0.5, 0.6) is 0 Å². The van der Waals surface area contributed by atoms with Crippen molar-refractivity contribution >= 4 is 17.3 Å². The van der Waals surface area contributed by atoms with Gasteiger partial charge in [-0.15, -0.1) is 6.58 Å². The summed E-state index contributed by atoms with van der Waals surface area (Å²) >= 11 is 5.98. The molecule has 0 unspecified atom stereocenters. The fourth-order valence-corrected chi connectivity index (χ4v) is 1.63. The van der Waals surface area contributed by atoms with E-state index in [0.717, 1.165) is 5.69 Å². The second-order valence-electron chi connectivity index (χ2n) is 3.58. The maximum Gasteiger partial charge on any atom is 0.287 e. The van der Waals surface area contributed by atoms with E-state index >= 15 is 0 Å². The molecule has 0 spiro atoms. The molecule has 0 radical (unpaired) electrons. The molecule has 0 bridgehead atoms. The van der Waals surface area contributed by atoms with E-state index in [1.165, 1.54) is 10.9 Å². The molecular weight excluding hydrogens is 254 g/mol. The molecule has 0 saturated heterocycles. The van der Waals surface area contributed by atoms with Crippen molar-refractivity contribution in [3.8, 4) is 0 Å². The van der Waals surface area contributed by atoms with Crippen LogP contribution in [0, 0.1) is 0 Å². The maximum atomic E-state index is 11.8. The molecule has 2 heterocycles. The van der Waals surface area contributed by atoms with Crippen molar-refractivity contribution in [3.05, 3.63) is 52.2 Å². The predicted molar refractivity (Wildman–Crippen MR) is 69.6 cm³/mol. The van der Waals surface area contributed by atoms with Crippen LogP contribution in [0.15, 0.2) is 35.9 Å². The van der Waals surface area contributed by atoms with Gasteiger partial charge in [0.25, 0.3) is 5.56 Å². The van der Waals surface area contributed by atoms with Gasteiger partial charge in [0, 0.05) is 6.20 Å². The zero-order valence-electron chi connectivity index (χ0n) is 9.56. The number of aromatic amines is 1. The summed E-state index contributed by atoms with van der Waals surface area (Å²) in [6, 6.07) is 1.83. The smallest absolute Gasteiger partial charge is 0.287 e. The fourth-order valence-electron chi connectivity index (χ4n) is 1.41. The molecule has 7 heteroatoms. The predicted octanol–water partition coefficient (Wildman–Crippen LogP) is 1.42. The molecule has 0 saturated carbocycles. The molecular formula is C11H12ClN5O. The summed E-state index contributed by atoms with van der Waals surface area (Å²) in [4.78, 5) is 11.8. The molecule has 6 nitrogen and oxygen atoms in total. The van der Waals surface area contributed by atoms with Crippen molar-refractivity contribution in [1.29, 1.82) is 0 Å². The highest BCUT2D eigenvalue weighted by Gasteiger charge is 2.08. The average Bonchev–Trinajstić information content (AvgIpc) is 2.87. The molecule has 0 atom stereocenters. The minimum absolute atomic E-state index is 0.117. The lowest BCUT2D eigenvalue weighted by molar-refractivity contribution is 0.653. The zero-order valence-corrected chi connectivity index (χ0v) is 10.3. The van der Waals surface area contributed by atoms with E-state index in [9.17, 15) is 4.79 Å². The average molecular weight is 266 g/mol. The highest BCUT2D eigenvalue weighted by molar-refractivity contribution is 6.32. The normalized spacial score (nSPS) is 10.3. The van der Waals surface area contributed by atoms with Crippen LogP contribution in [0.25, 0.3) is 0 Å². The van der Waals surface area contributed by atoms with Crippen molar-refractivity contribution in [2.45, 2.75) is 13.1 Å². The van der Waals surface area contributed by atoms with Crippen LogP contribution >= 0.6 is 11.6 Å². The topological polar surface area (TPSA) is 75.6 Å². The van der Waals surface area contributed by atoms with Crippen LogP contribution in [0.3, 0.4) is 0 Å². The van der Waals surface area contributed by atoms with Gasteiger partial charge in [-0.3, -0.25) is 9.89 Å². The Hall–Kier alpha value is -2.08. The molecule has 0 aliphatic carbocycles. The highest BCUT2D eigenvalue weighted by Crippen LogP contribution is 2.15. The molecule has 0 aliphatic rings. The molecule has 94 valence electrons. The van der Waals surface area contributed by atoms with Crippen LogP contribution in [-0.4, -0.2) is 20.0 Å². The minimum Gasteiger partial charge on any atom is -0.377 e. The third-order valence-corrected chi connectivity index (χ3v) is 2.68.